The third kappa shape index (κ3) is 7.36. The molecule has 1 aliphatic rings. The van der Waals surface area contributed by atoms with E-state index in [-0.39, 0.29) is 42.8 Å². The molecule has 7 nitrogen and oxygen atoms in total. The lowest BCUT2D eigenvalue weighted by Gasteiger charge is -2.24. The van der Waals surface area contributed by atoms with Crippen molar-refractivity contribution in [3.05, 3.63) is 23.8 Å². The molecular formula is C19H30ClN3O4. The number of hydrogen-bond donors (Lipinski definition) is 3. The van der Waals surface area contributed by atoms with Gasteiger partial charge in [-0.05, 0) is 36.6 Å². The van der Waals surface area contributed by atoms with Crippen molar-refractivity contribution in [3.63, 3.8) is 0 Å². The van der Waals surface area contributed by atoms with Crippen LogP contribution in [0, 0.1) is 12.8 Å². The SMILES string of the molecule is Cc1cc(NC(=O)CNC(=O)[C@@H](N)C(C)C)ccc1OC1CCOCC1.Cl. The molecule has 27 heavy (non-hydrogen) atoms. The molecule has 1 saturated heterocycles. The van der Waals surface area contributed by atoms with E-state index in [1.165, 1.54) is 0 Å². The first kappa shape index (κ1) is 23.2. The predicted molar refractivity (Wildman–Crippen MR) is 107 cm³/mol. The lowest BCUT2D eigenvalue weighted by Crippen LogP contribution is -2.46. The molecule has 4 N–H and O–H groups in total. The lowest BCUT2D eigenvalue weighted by molar-refractivity contribution is -0.125. The van der Waals surface area contributed by atoms with Gasteiger partial charge in [0.1, 0.15) is 11.9 Å². The fraction of sp³-hybridized carbons (Fsp3) is 0.579. The Morgan fingerprint density at radius 2 is 1.96 bits per heavy atom. The number of amides is 2. The standard InChI is InChI=1S/C19H29N3O4.ClH/c1-12(2)18(20)19(24)21-11-17(23)22-14-4-5-16(13(3)10-14)26-15-6-8-25-9-7-15;/h4-5,10,12,15,18H,6-9,11,20H2,1-3H3,(H,21,24)(H,22,23);1H/t18-;/m0./s1. The van der Waals surface area contributed by atoms with Crippen LogP contribution in [0.1, 0.15) is 32.3 Å². The second-order valence-electron chi connectivity index (χ2n) is 6.95. The van der Waals surface area contributed by atoms with Gasteiger partial charge >= 0.3 is 0 Å². The summed E-state index contributed by atoms with van der Waals surface area (Å²) in [4.78, 5) is 23.8. The van der Waals surface area contributed by atoms with Gasteiger partial charge in [0, 0.05) is 18.5 Å². The summed E-state index contributed by atoms with van der Waals surface area (Å²) in [5.41, 5.74) is 7.35. The molecule has 0 aromatic heterocycles. The number of carbonyl (C=O) groups excluding carboxylic acids is 2. The lowest BCUT2D eigenvalue weighted by atomic mass is 10.1. The summed E-state index contributed by atoms with van der Waals surface area (Å²) in [6.45, 7) is 6.99. The minimum absolute atomic E-state index is 0. The van der Waals surface area contributed by atoms with Crippen LogP contribution in [-0.4, -0.2) is 43.7 Å². The molecule has 1 aromatic rings. The molecule has 1 atom stereocenters. The molecule has 2 amide bonds. The van der Waals surface area contributed by atoms with Crippen molar-refractivity contribution in [1.82, 2.24) is 5.32 Å². The van der Waals surface area contributed by atoms with E-state index in [0.717, 1.165) is 37.4 Å². The van der Waals surface area contributed by atoms with Crippen LogP contribution in [0.4, 0.5) is 5.69 Å². The van der Waals surface area contributed by atoms with Gasteiger partial charge in [-0.3, -0.25) is 9.59 Å². The monoisotopic (exact) mass is 399 g/mol. The van der Waals surface area contributed by atoms with E-state index in [2.05, 4.69) is 10.6 Å². The van der Waals surface area contributed by atoms with Crippen molar-refractivity contribution < 1.29 is 19.1 Å². The molecule has 0 bridgehead atoms. The Labute approximate surface area is 166 Å². The fourth-order valence-corrected chi connectivity index (χ4v) is 2.63. The zero-order chi connectivity index (χ0) is 19.1. The molecule has 0 aliphatic carbocycles. The number of carbonyl (C=O) groups is 2. The summed E-state index contributed by atoms with van der Waals surface area (Å²) in [7, 11) is 0. The Morgan fingerprint density at radius 3 is 2.56 bits per heavy atom. The van der Waals surface area contributed by atoms with Crippen LogP contribution < -0.4 is 21.1 Å². The van der Waals surface area contributed by atoms with Gasteiger partial charge in [-0.2, -0.15) is 0 Å². The third-order valence-corrected chi connectivity index (χ3v) is 4.36. The average molecular weight is 400 g/mol. The van der Waals surface area contributed by atoms with Crippen LogP contribution in [0.15, 0.2) is 18.2 Å². The van der Waals surface area contributed by atoms with Crippen LogP contribution in [0.25, 0.3) is 0 Å². The average Bonchev–Trinajstić information content (AvgIpc) is 2.62. The Bertz CT molecular complexity index is 633. The number of anilines is 1. The highest BCUT2D eigenvalue weighted by Crippen LogP contribution is 2.25. The Morgan fingerprint density at radius 1 is 1.30 bits per heavy atom. The van der Waals surface area contributed by atoms with Gasteiger partial charge in [0.15, 0.2) is 0 Å². The van der Waals surface area contributed by atoms with E-state index in [1.54, 1.807) is 6.07 Å². The van der Waals surface area contributed by atoms with Crippen molar-refractivity contribution in [2.45, 2.75) is 45.8 Å². The topological polar surface area (TPSA) is 103 Å². The third-order valence-electron chi connectivity index (χ3n) is 4.36. The largest absolute Gasteiger partial charge is 0.490 e. The number of hydrogen-bond acceptors (Lipinski definition) is 5. The van der Waals surface area contributed by atoms with Gasteiger partial charge in [0.25, 0.3) is 0 Å². The Balaban J connectivity index is 0.00000364. The highest BCUT2D eigenvalue weighted by Gasteiger charge is 2.18. The maximum atomic E-state index is 12.0. The van der Waals surface area contributed by atoms with E-state index >= 15 is 0 Å². The van der Waals surface area contributed by atoms with E-state index in [0.29, 0.717) is 5.69 Å². The molecule has 0 radical (unpaired) electrons. The zero-order valence-corrected chi connectivity index (χ0v) is 16.9. The number of nitrogens with two attached hydrogens (primary N) is 1. The fourth-order valence-electron chi connectivity index (χ4n) is 2.63. The van der Waals surface area contributed by atoms with Crippen molar-refractivity contribution in [3.8, 4) is 5.75 Å². The summed E-state index contributed by atoms with van der Waals surface area (Å²) >= 11 is 0. The van der Waals surface area contributed by atoms with Crippen LogP contribution >= 0.6 is 12.4 Å². The molecule has 1 fully saturated rings. The zero-order valence-electron chi connectivity index (χ0n) is 16.1. The molecule has 152 valence electrons. The van der Waals surface area contributed by atoms with Crippen LogP contribution in [-0.2, 0) is 14.3 Å². The summed E-state index contributed by atoms with van der Waals surface area (Å²) < 4.78 is 11.3. The molecule has 1 aromatic carbocycles. The first-order chi connectivity index (χ1) is 12.4. The second kappa shape index (κ2) is 11.1. The Kier molecular flexibility index (Phi) is 9.55. The van der Waals surface area contributed by atoms with E-state index in [9.17, 15) is 9.59 Å². The quantitative estimate of drug-likeness (QED) is 0.650. The van der Waals surface area contributed by atoms with Crippen molar-refractivity contribution in [2.24, 2.45) is 11.7 Å². The molecule has 2 rings (SSSR count). The van der Waals surface area contributed by atoms with E-state index in [1.807, 2.05) is 32.9 Å². The molecule has 0 spiro atoms. The molecule has 1 aliphatic heterocycles. The maximum Gasteiger partial charge on any atom is 0.243 e. The van der Waals surface area contributed by atoms with Gasteiger partial charge in [0.2, 0.25) is 11.8 Å². The van der Waals surface area contributed by atoms with Crippen LogP contribution in [0.2, 0.25) is 0 Å². The first-order valence-electron chi connectivity index (χ1n) is 9.05. The van der Waals surface area contributed by atoms with Crippen LogP contribution in [0.5, 0.6) is 5.75 Å². The summed E-state index contributed by atoms with van der Waals surface area (Å²) in [5, 5.41) is 5.32. The number of benzene rings is 1. The highest BCUT2D eigenvalue weighted by molar-refractivity contribution is 5.95. The number of rotatable bonds is 7. The molecule has 8 heteroatoms. The predicted octanol–water partition coefficient (Wildman–Crippen LogP) is 2.01. The molecule has 0 unspecified atom stereocenters. The second-order valence-corrected chi connectivity index (χ2v) is 6.95. The van der Waals surface area contributed by atoms with Gasteiger partial charge < -0.3 is 25.8 Å². The van der Waals surface area contributed by atoms with Gasteiger partial charge in [-0.25, -0.2) is 0 Å². The van der Waals surface area contributed by atoms with Crippen LogP contribution in [0.3, 0.4) is 0 Å². The van der Waals surface area contributed by atoms with Crippen molar-refractivity contribution in [2.75, 3.05) is 25.1 Å². The number of ether oxygens (including phenoxy) is 2. The summed E-state index contributed by atoms with van der Waals surface area (Å²) in [5.74, 6) is 0.202. The number of aryl methyl sites for hydroxylation is 1. The minimum Gasteiger partial charge on any atom is -0.490 e. The van der Waals surface area contributed by atoms with Crippen molar-refractivity contribution in [1.29, 1.82) is 0 Å². The summed E-state index contributed by atoms with van der Waals surface area (Å²) in [6.07, 6.45) is 1.94. The molecule has 0 saturated carbocycles. The van der Waals surface area contributed by atoms with E-state index in [4.69, 9.17) is 15.2 Å². The Hall–Kier alpha value is -1.83. The first-order valence-corrected chi connectivity index (χ1v) is 9.05. The minimum atomic E-state index is -0.619. The highest BCUT2D eigenvalue weighted by atomic mass is 35.5. The number of nitrogens with one attached hydrogen (secondary N) is 2. The van der Waals surface area contributed by atoms with Gasteiger partial charge in [0.05, 0.1) is 25.8 Å². The number of halogens is 1. The summed E-state index contributed by atoms with van der Waals surface area (Å²) in [6, 6.07) is 4.88. The van der Waals surface area contributed by atoms with Gasteiger partial charge in [-0.1, -0.05) is 13.8 Å². The van der Waals surface area contributed by atoms with Gasteiger partial charge in [-0.15, -0.1) is 12.4 Å². The molecular weight excluding hydrogens is 370 g/mol. The van der Waals surface area contributed by atoms with E-state index < -0.39 is 6.04 Å². The maximum absolute atomic E-state index is 12.0. The molecule has 1 heterocycles. The van der Waals surface area contributed by atoms with Crippen molar-refractivity contribution >= 4 is 29.9 Å². The normalized spacial score (nSPS) is 15.6. The smallest absolute Gasteiger partial charge is 0.243 e.